The maximum Gasteiger partial charge on any atom is 0.200 e. The number of fused-ring (bicyclic) bond motifs is 3. The highest BCUT2D eigenvalue weighted by atomic mass is 79.9. The summed E-state index contributed by atoms with van der Waals surface area (Å²) in [4.78, 5) is 11.9. The van der Waals surface area contributed by atoms with Gasteiger partial charge in [0.15, 0.2) is 0 Å². The van der Waals surface area contributed by atoms with Crippen LogP contribution in [0.5, 0.6) is 0 Å². The molecule has 0 radical (unpaired) electrons. The van der Waals surface area contributed by atoms with Gasteiger partial charge in [0.05, 0.1) is 4.48 Å². The molecule has 0 unspecified atom stereocenters. The minimum Gasteiger partial charge on any atom is -0.288 e. The van der Waals surface area contributed by atoms with Crippen molar-refractivity contribution in [3.63, 3.8) is 0 Å². The van der Waals surface area contributed by atoms with Gasteiger partial charge in [0.25, 0.3) is 0 Å². The Bertz CT molecular complexity index is 1140. The number of allylic oxidation sites excluding steroid dienone is 5. The van der Waals surface area contributed by atoms with Gasteiger partial charge in [-0.25, -0.2) is 0 Å². The lowest BCUT2D eigenvalue weighted by atomic mass is 9.96. The first-order valence-electron chi connectivity index (χ1n) is 8.89. The van der Waals surface area contributed by atoms with Crippen molar-refractivity contribution in [3.8, 4) is 11.1 Å². The van der Waals surface area contributed by atoms with Crippen LogP contribution in [0.15, 0.2) is 106 Å². The van der Waals surface area contributed by atoms with E-state index in [9.17, 15) is 4.79 Å². The van der Waals surface area contributed by atoms with Gasteiger partial charge in [0.1, 0.15) is 0 Å². The van der Waals surface area contributed by atoms with Crippen LogP contribution in [0.1, 0.15) is 11.1 Å². The lowest BCUT2D eigenvalue weighted by molar-refractivity contribution is -0.111. The van der Waals surface area contributed by atoms with E-state index >= 15 is 0 Å². The Hall–Kier alpha value is -2.49. The average Bonchev–Trinajstić information content (AvgIpc) is 3.12. The van der Waals surface area contributed by atoms with E-state index < -0.39 is 0 Å². The van der Waals surface area contributed by atoms with Gasteiger partial charge < -0.3 is 0 Å². The zero-order chi connectivity index (χ0) is 19.5. The van der Waals surface area contributed by atoms with Crippen LogP contribution in [0.4, 0.5) is 0 Å². The Morgan fingerprint density at radius 3 is 2.00 bits per heavy atom. The number of hydrogen-bond donors (Lipinski definition) is 0. The monoisotopic (exact) mass is 490 g/mol. The molecule has 0 N–H and O–H groups in total. The Kier molecular flexibility index (Phi) is 5.56. The zero-order valence-electron chi connectivity index (χ0n) is 14.9. The van der Waals surface area contributed by atoms with Gasteiger partial charge in [-0.15, -0.1) is 0 Å². The van der Waals surface area contributed by atoms with Crippen LogP contribution in [0.2, 0.25) is 0 Å². The third kappa shape index (κ3) is 3.73. The standard InChI is InChI=1S/C13H7BrO.C12H9Br/c14-12-6-5-10-9-4-2-1-3-8(9)7-11(10)13(12)15;13-12-9-5-4-8-11(12)10-6-2-1-3-7-10/h1-7H;1-9H. The maximum atomic E-state index is 11.9. The number of carbonyl (C=O) groups excluding carboxylic acids is 1. The van der Waals surface area contributed by atoms with Crippen LogP contribution < -0.4 is 0 Å². The highest BCUT2D eigenvalue weighted by Crippen LogP contribution is 2.39. The van der Waals surface area contributed by atoms with E-state index in [0.29, 0.717) is 4.48 Å². The molecule has 3 aromatic rings. The fourth-order valence-corrected chi connectivity index (χ4v) is 4.15. The molecule has 0 atom stereocenters. The maximum absolute atomic E-state index is 11.9. The predicted molar refractivity (Wildman–Crippen MR) is 124 cm³/mol. The molecule has 0 spiro atoms. The molecule has 1 nitrogen and oxygen atoms in total. The van der Waals surface area contributed by atoms with Gasteiger partial charge in [-0.1, -0.05) is 94.8 Å². The Morgan fingerprint density at radius 1 is 0.607 bits per heavy atom. The molecule has 5 rings (SSSR count). The largest absolute Gasteiger partial charge is 0.288 e. The normalized spacial score (nSPS) is 14.1. The molecular weight excluding hydrogens is 476 g/mol. The second-order valence-electron chi connectivity index (χ2n) is 6.42. The molecule has 0 fully saturated rings. The van der Waals surface area contributed by atoms with E-state index in [-0.39, 0.29) is 5.78 Å². The number of halogens is 2. The van der Waals surface area contributed by atoms with Crippen LogP contribution in [-0.4, -0.2) is 5.78 Å². The molecule has 0 aromatic heterocycles. The topological polar surface area (TPSA) is 17.1 Å². The molecule has 3 heteroatoms. The lowest BCUT2D eigenvalue weighted by Gasteiger charge is -2.09. The number of rotatable bonds is 1. The zero-order valence-corrected chi connectivity index (χ0v) is 18.1. The third-order valence-electron chi connectivity index (χ3n) is 4.66. The van der Waals surface area contributed by atoms with Gasteiger partial charge in [-0.2, -0.15) is 0 Å². The van der Waals surface area contributed by atoms with Gasteiger partial charge >= 0.3 is 0 Å². The van der Waals surface area contributed by atoms with Crippen molar-refractivity contribution < 1.29 is 4.79 Å². The molecule has 2 aliphatic carbocycles. The summed E-state index contributed by atoms with van der Waals surface area (Å²) in [6.07, 6.45) is 5.76. The Labute approximate surface area is 181 Å². The third-order valence-corrected chi connectivity index (χ3v) is 5.97. The molecule has 0 saturated heterocycles. The molecular formula is C25H16Br2O. The van der Waals surface area contributed by atoms with Crippen molar-refractivity contribution >= 4 is 49.3 Å². The van der Waals surface area contributed by atoms with E-state index in [1.165, 1.54) is 11.1 Å². The second kappa shape index (κ2) is 8.26. The lowest BCUT2D eigenvalue weighted by Crippen LogP contribution is -2.04. The number of benzene rings is 3. The van der Waals surface area contributed by atoms with Crippen molar-refractivity contribution in [2.24, 2.45) is 0 Å². The highest BCUT2D eigenvalue weighted by molar-refractivity contribution is 9.12. The van der Waals surface area contributed by atoms with Crippen molar-refractivity contribution in [3.05, 3.63) is 117 Å². The van der Waals surface area contributed by atoms with E-state index in [2.05, 4.69) is 68.3 Å². The predicted octanol–water partition coefficient (Wildman–Crippen LogP) is 7.44. The quantitative estimate of drug-likeness (QED) is 0.345. The summed E-state index contributed by atoms with van der Waals surface area (Å²) in [6, 6.07) is 26.7. The summed E-state index contributed by atoms with van der Waals surface area (Å²) < 4.78 is 1.77. The summed E-state index contributed by atoms with van der Waals surface area (Å²) >= 11 is 6.79. The van der Waals surface area contributed by atoms with Gasteiger partial charge in [0, 0.05) is 10.0 Å². The first kappa shape index (κ1) is 18.9. The Balaban J connectivity index is 0.000000139. The molecule has 0 heterocycles. The van der Waals surface area contributed by atoms with E-state index in [4.69, 9.17) is 0 Å². The first-order chi connectivity index (χ1) is 13.6. The SMILES string of the molecule is Brc1ccccc1-c1ccccc1.O=C1C(Br)=CC=C2C1=Cc1ccccc12. The molecule has 3 aromatic carbocycles. The van der Waals surface area contributed by atoms with Crippen LogP contribution in [-0.2, 0) is 4.79 Å². The van der Waals surface area contributed by atoms with E-state index in [1.807, 2.05) is 60.7 Å². The molecule has 0 bridgehead atoms. The Morgan fingerprint density at radius 2 is 1.25 bits per heavy atom. The summed E-state index contributed by atoms with van der Waals surface area (Å²) in [5.74, 6) is 0.0729. The first-order valence-corrected chi connectivity index (χ1v) is 10.5. The summed E-state index contributed by atoms with van der Waals surface area (Å²) in [5, 5.41) is 0. The number of hydrogen-bond acceptors (Lipinski definition) is 1. The number of Topliss-reactive ketones (excluding diaryl/α,β-unsaturated/α-hetero) is 1. The van der Waals surface area contributed by atoms with Crippen molar-refractivity contribution in [2.75, 3.05) is 0 Å². The molecule has 2 aliphatic rings. The summed E-state index contributed by atoms with van der Waals surface area (Å²) in [6.45, 7) is 0. The van der Waals surface area contributed by atoms with Crippen molar-refractivity contribution in [1.29, 1.82) is 0 Å². The fourth-order valence-electron chi connectivity index (χ4n) is 3.29. The molecule has 0 saturated carbocycles. The molecule has 136 valence electrons. The summed E-state index contributed by atoms with van der Waals surface area (Å²) in [5.41, 5.74) is 6.60. The van der Waals surface area contributed by atoms with Crippen LogP contribution in [0.25, 0.3) is 22.8 Å². The number of carbonyl (C=O) groups is 1. The van der Waals surface area contributed by atoms with Crippen LogP contribution >= 0.6 is 31.9 Å². The molecule has 28 heavy (non-hydrogen) atoms. The second-order valence-corrected chi connectivity index (χ2v) is 8.12. The van der Waals surface area contributed by atoms with Crippen LogP contribution in [0, 0.1) is 0 Å². The average molecular weight is 492 g/mol. The summed E-state index contributed by atoms with van der Waals surface area (Å²) in [7, 11) is 0. The molecule has 0 aliphatic heterocycles. The minimum atomic E-state index is 0.0729. The smallest absolute Gasteiger partial charge is 0.200 e. The van der Waals surface area contributed by atoms with Gasteiger partial charge in [-0.3, -0.25) is 4.79 Å². The van der Waals surface area contributed by atoms with Crippen molar-refractivity contribution in [2.45, 2.75) is 0 Å². The van der Waals surface area contributed by atoms with Crippen LogP contribution in [0.3, 0.4) is 0 Å². The minimum absolute atomic E-state index is 0.0729. The highest BCUT2D eigenvalue weighted by Gasteiger charge is 2.26. The van der Waals surface area contributed by atoms with Crippen molar-refractivity contribution in [1.82, 2.24) is 0 Å². The van der Waals surface area contributed by atoms with E-state index in [0.717, 1.165) is 26.7 Å². The van der Waals surface area contributed by atoms with Gasteiger partial charge in [-0.05, 0) is 62.0 Å². The fraction of sp³-hybridized carbons (Fsp3) is 0. The van der Waals surface area contributed by atoms with E-state index in [1.54, 1.807) is 0 Å². The number of ketones is 1. The molecule has 0 amide bonds. The van der Waals surface area contributed by atoms with Gasteiger partial charge in [0.2, 0.25) is 5.78 Å².